The third-order valence-electron chi connectivity index (χ3n) is 2.95. The molecule has 0 radical (unpaired) electrons. The number of nitrogens with zero attached hydrogens (tertiary/aromatic N) is 1. The van der Waals surface area contributed by atoms with E-state index in [0.717, 1.165) is 19.5 Å². The molecule has 1 amide bonds. The van der Waals surface area contributed by atoms with Crippen molar-refractivity contribution in [1.29, 1.82) is 0 Å². The number of amides is 1. The van der Waals surface area contributed by atoms with Gasteiger partial charge in [-0.15, -0.1) is 0 Å². The SMILES string of the molecule is CCCNC(=O)CN(Cc1ccsc1)C1CC1. The number of thiophene rings is 1. The van der Waals surface area contributed by atoms with Crippen LogP contribution >= 0.6 is 11.3 Å². The highest BCUT2D eigenvalue weighted by molar-refractivity contribution is 7.07. The fraction of sp³-hybridized carbons (Fsp3) is 0.615. The monoisotopic (exact) mass is 252 g/mol. The lowest BCUT2D eigenvalue weighted by Crippen LogP contribution is -2.38. The Morgan fingerprint density at radius 2 is 2.41 bits per heavy atom. The fourth-order valence-corrected chi connectivity index (χ4v) is 2.54. The highest BCUT2D eigenvalue weighted by Crippen LogP contribution is 2.28. The molecule has 0 bridgehead atoms. The van der Waals surface area contributed by atoms with Crippen molar-refractivity contribution in [2.75, 3.05) is 13.1 Å². The van der Waals surface area contributed by atoms with Crippen molar-refractivity contribution in [3.05, 3.63) is 22.4 Å². The molecule has 1 fully saturated rings. The van der Waals surface area contributed by atoms with Gasteiger partial charge in [0, 0.05) is 19.1 Å². The summed E-state index contributed by atoms with van der Waals surface area (Å²) < 4.78 is 0. The van der Waals surface area contributed by atoms with Crippen molar-refractivity contribution in [2.24, 2.45) is 0 Å². The van der Waals surface area contributed by atoms with Crippen LogP contribution in [0.1, 0.15) is 31.7 Å². The van der Waals surface area contributed by atoms with Crippen molar-refractivity contribution in [3.8, 4) is 0 Å². The van der Waals surface area contributed by atoms with Gasteiger partial charge in [-0.05, 0) is 41.7 Å². The highest BCUT2D eigenvalue weighted by atomic mass is 32.1. The Bertz CT molecular complexity index is 346. The average molecular weight is 252 g/mol. The van der Waals surface area contributed by atoms with Gasteiger partial charge in [0.25, 0.3) is 0 Å². The van der Waals surface area contributed by atoms with Gasteiger partial charge in [0.15, 0.2) is 0 Å². The van der Waals surface area contributed by atoms with E-state index >= 15 is 0 Å². The lowest BCUT2D eigenvalue weighted by molar-refractivity contribution is -0.122. The van der Waals surface area contributed by atoms with Crippen LogP contribution in [0.5, 0.6) is 0 Å². The van der Waals surface area contributed by atoms with E-state index in [4.69, 9.17) is 0 Å². The molecule has 2 rings (SSSR count). The summed E-state index contributed by atoms with van der Waals surface area (Å²) in [6.07, 6.45) is 3.48. The molecule has 1 aromatic heterocycles. The normalized spacial score (nSPS) is 15.2. The Kier molecular flexibility index (Phi) is 4.57. The van der Waals surface area contributed by atoms with Crippen LogP contribution in [0, 0.1) is 0 Å². The molecule has 0 aliphatic heterocycles. The minimum absolute atomic E-state index is 0.161. The predicted molar refractivity (Wildman–Crippen MR) is 71.1 cm³/mol. The van der Waals surface area contributed by atoms with E-state index in [1.54, 1.807) is 11.3 Å². The molecule has 3 nitrogen and oxygen atoms in total. The number of rotatable bonds is 7. The van der Waals surface area contributed by atoms with E-state index in [0.29, 0.717) is 12.6 Å². The first-order chi connectivity index (χ1) is 8.29. The number of hydrogen-bond donors (Lipinski definition) is 1. The lowest BCUT2D eigenvalue weighted by atomic mass is 10.3. The zero-order chi connectivity index (χ0) is 12.1. The first-order valence-electron chi connectivity index (χ1n) is 6.31. The second kappa shape index (κ2) is 6.17. The summed E-state index contributed by atoms with van der Waals surface area (Å²) in [7, 11) is 0. The van der Waals surface area contributed by atoms with Crippen molar-refractivity contribution in [1.82, 2.24) is 10.2 Å². The Balaban J connectivity index is 1.82. The summed E-state index contributed by atoms with van der Waals surface area (Å²) in [6, 6.07) is 2.77. The molecule has 1 N–H and O–H groups in total. The molecule has 1 heterocycles. The van der Waals surface area contributed by atoms with E-state index in [1.807, 2.05) is 0 Å². The zero-order valence-electron chi connectivity index (χ0n) is 10.3. The number of carbonyl (C=O) groups excluding carboxylic acids is 1. The first-order valence-corrected chi connectivity index (χ1v) is 7.25. The fourth-order valence-electron chi connectivity index (χ4n) is 1.88. The van der Waals surface area contributed by atoms with E-state index in [9.17, 15) is 4.79 Å². The van der Waals surface area contributed by atoms with Crippen LogP contribution in [-0.2, 0) is 11.3 Å². The summed E-state index contributed by atoms with van der Waals surface area (Å²) >= 11 is 1.72. The molecule has 0 unspecified atom stereocenters. The highest BCUT2D eigenvalue weighted by Gasteiger charge is 2.30. The maximum absolute atomic E-state index is 11.7. The predicted octanol–water partition coefficient (Wildman–Crippen LogP) is 2.24. The zero-order valence-corrected chi connectivity index (χ0v) is 11.1. The second-order valence-corrected chi connectivity index (χ2v) is 5.40. The summed E-state index contributed by atoms with van der Waals surface area (Å²) in [4.78, 5) is 14.0. The molecule has 17 heavy (non-hydrogen) atoms. The molecule has 1 saturated carbocycles. The van der Waals surface area contributed by atoms with Gasteiger partial charge in [-0.2, -0.15) is 11.3 Å². The Morgan fingerprint density at radius 3 is 3.00 bits per heavy atom. The maximum Gasteiger partial charge on any atom is 0.234 e. The summed E-state index contributed by atoms with van der Waals surface area (Å²) in [5.74, 6) is 0.161. The molecular formula is C13H20N2OS. The third-order valence-corrected chi connectivity index (χ3v) is 3.68. The van der Waals surface area contributed by atoms with E-state index in [2.05, 4.69) is 34.0 Å². The van der Waals surface area contributed by atoms with Crippen LogP contribution in [0.2, 0.25) is 0 Å². The Morgan fingerprint density at radius 1 is 1.59 bits per heavy atom. The van der Waals surface area contributed by atoms with Crippen LogP contribution in [0.15, 0.2) is 16.8 Å². The first kappa shape index (κ1) is 12.6. The van der Waals surface area contributed by atoms with Crippen LogP contribution < -0.4 is 5.32 Å². The molecule has 1 aliphatic rings. The maximum atomic E-state index is 11.7. The molecule has 4 heteroatoms. The summed E-state index contributed by atoms with van der Waals surface area (Å²) in [6.45, 7) is 4.31. The standard InChI is InChI=1S/C13H20N2OS/c1-2-6-14-13(16)9-15(12-3-4-12)8-11-5-7-17-10-11/h5,7,10,12H,2-4,6,8-9H2,1H3,(H,14,16). The van der Waals surface area contributed by atoms with E-state index in [-0.39, 0.29) is 5.91 Å². The van der Waals surface area contributed by atoms with Gasteiger partial charge in [-0.3, -0.25) is 9.69 Å². The second-order valence-electron chi connectivity index (χ2n) is 4.62. The van der Waals surface area contributed by atoms with Crippen molar-refractivity contribution < 1.29 is 4.79 Å². The van der Waals surface area contributed by atoms with Crippen molar-refractivity contribution >= 4 is 17.2 Å². The molecule has 0 atom stereocenters. The average Bonchev–Trinajstić information content (AvgIpc) is 3.05. The molecule has 0 spiro atoms. The minimum Gasteiger partial charge on any atom is -0.355 e. The van der Waals surface area contributed by atoms with Crippen molar-refractivity contribution in [3.63, 3.8) is 0 Å². The van der Waals surface area contributed by atoms with Crippen molar-refractivity contribution in [2.45, 2.75) is 38.8 Å². The molecule has 1 aliphatic carbocycles. The molecular weight excluding hydrogens is 232 g/mol. The lowest BCUT2D eigenvalue weighted by Gasteiger charge is -2.20. The number of nitrogens with one attached hydrogen (secondary N) is 1. The van der Waals surface area contributed by atoms with Crippen LogP contribution in [-0.4, -0.2) is 29.9 Å². The van der Waals surface area contributed by atoms with Gasteiger partial charge in [0.1, 0.15) is 0 Å². The number of carbonyl (C=O) groups is 1. The molecule has 0 saturated heterocycles. The molecule has 1 aromatic rings. The van der Waals surface area contributed by atoms with Gasteiger partial charge >= 0.3 is 0 Å². The summed E-state index contributed by atoms with van der Waals surface area (Å²) in [5, 5.41) is 7.21. The van der Waals surface area contributed by atoms with Gasteiger partial charge in [0.05, 0.1) is 6.54 Å². The Hall–Kier alpha value is -0.870. The smallest absolute Gasteiger partial charge is 0.234 e. The Labute approximate surface area is 107 Å². The molecule has 94 valence electrons. The quantitative estimate of drug-likeness (QED) is 0.807. The van der Waals surface area contributed by atoms with Gasteiger partial charge < -0.3 is 5.32 Å². The van der Waals surface area contributed by atoms with Gasteiger partial charge in [0.2, 0.25) is 5.91 Å². The third kappa shape index (κ3) is 4.13. The van der Waals surface area contributed by atoms with E-state index in [1.165, 1.54) is 18.4 Å². The number of hydrogen-bond acceptors (Lipinski definition) is 3. The van der Waals surface area contributed by atoms with E-state index < -0.39 is 0 Å². The van der Waals surface area contributed by atoms with Gasteiger partial charge in [-0.25, -0.2) is 0 Å². The topological polar surface area (TPSA) is 32.3 Å². The van der Waals surface area contributed by atoms with Crippen LogP contribution in [0.3, 0.4) is 0 Å². The van der Waals surface area contributed by atoms with Crippen LogP contribution in [0.25, 0.3) is 0 Å². The largest absolute Gasteiger partial charge is 0.355 e. The molecule has 0 aromatic carbocycles. The minimum atomic E-state index is 0.161. The van der Waals surface area contributed by atoms with Gasteiger partial charge in [-0.1, -0.05) is 6.92 Å². The summed E-state index contributed by atoms with van der Waals surface area (Å²) in [5.41, 5.74) is 1.32. The van der Waals surface area contributed by atoms with Crippen LogP contribution in [0.4, 0.5) is 0 Å².